The molecule has 232 valence electrons. The van der Waals surface area contributed by atoms with Gasteiger partial charge in [-0.25, -0.2) is 18.1 Å². The van der Waals surface area contributed by atoms with E-state index in [0.717, 1.165) is 21.9 Å². The number of fused-ring (bicyclic) bond motifs is 5. The fraction of sp³-hybridized carbons (Fsp3) is 0.333. The van der Waals surface area contributed by atoms with Crippen LogP contribution in [0, 0.1) is 23.2 Å². The second-order valence-corrected chi connectivity index (χ2v) is 13.1. The number of amides is 2. The van der Waals surface area contributed by atoms with Gasteiger partial charge in [-0.2, -0.15) is 5.26 Å². The molecule has 3 aliphatic rings. The van der Waals surface area contributed by atoms with Crippen molar-refractivity contribution in [1.29, 1.82) is 5.26 Å². The number of nitriles is 1. The number of hydrogen-bond acceptors (Lipinski definition) is 9. The second kappa shape index (κ2) is 11.6. The molecule has 2 amide bonds. The molecular formula is C33H31N3O8S. The van der Waals surface area contributed by atoms with Crippen molar-refractivity contribution in [2.24, 2.45) is 11.8 Å². The van der Waals surface area contributed by atoms with Crippen LogP contribution in [0.2, 0.25) is 0 Å². The van der Waals surface area contributed by atoms with E-state index in [9.17, 15) is 28.1 Å². The molecule has 12 heteroatoms. The maximum atomic E-state index is 14.5. The number of ketones is 1. The van der Waals surface area contributed by atoms with Crippen LogP contribution in [0.15, 0.2) is 83.8 Å². The van der Waals surface area contributed by atoms with Crippen molar-refractivity contribution < 1.29 is 37.0 Å². The summed E-state index contributed by atoms with van der Waals surface area (Å²) in [6.07, 6.45) is -1.45. The Balaban J connectivity index is 1.49. The lowest BCUT2D eigenvalue weighted by molar-refractivity contribution is -0.135. The molecular weight excluding hydrogens is 598 g/mol. The molecule has 2 fully saturated rings. The fourth-order valence-corrected chi connectivity index (χ4v) is 8.98. The minimum absolute atomic E-state index is 0.0848. The Bertz CT molecular complexity index is 1790. The zero-order chi connectivity index (χ0) is 31.9. The van der Waals surface area contributed by atoms with Gasteiger partial charge < -0.3 is 14.2 Å². The molecule has 0 radical (unpaired) electrons. The summed E-state index contributed by atoms with van der Waals surface area (Å²) in [6.45, 7) is 0.0947. The molecule has 0 unspecified atom stereocenters. The van der Waals surface area contributed by atoms with E-state index in [0.29, 0.717) is 11.3 Å². The van der Waals surface area contributed by atoms with E-state index in [-0.39, 0.29) is 42.4 Å². The van der Waals surface area contributed by atoms with Crippen LogP contribution >= 0.6 is 0 Å². The number of para-hydroxylation sites is 1. The quantitative estimate of drug-likeness (QED) is 0.363. The summed E-state index contributed by atoms with van der Waals surface area (Å²) in [4.78, 5) is 42.7. The molecule has 11 nitrogen and oxygen atoms in total. The standard InChI is InChI=1S/C33H31N3O8S/c1-42-22-12-14-23(15-13-22)45(40,41)36-26-11-7-6-10-25(26)33(16-17-34)28(37)18-24-27(20-44-19-21-8-4-3-5-9-21)35(32(39)43-2)31(38)29(24)30(33)36/h3-15,24,27,29-30H,16,18-20H2,1-2H3/t24-,27-,29+,30-,33+/m0/s1. The number of nitrogens with zero attached hydrogens (tertiary/aromatic N) is 3. The van der Waals surface area contributed by atoms with Gasteiger partial charge in [-0.15, -0.1) is 0 Å². The topological polar surface area (TPSA) is 143 Å². The van der Waals surface area contributed by atoms with Gasteiger partial charge in [0.15, 0.2) is 0 Å². The number of carbonyl (C=O) groups excluding carboxylic acids is 3. The van der Waals surface area contributed by atoms with Crippen LogP contribution in [0.25, 0.3) is 0 Å². The van der Waals surface area contributed by atoms with Gasteiger partial charge in [0, 0.05) is 12.3 Å². The lowest BCUT2D eigenvalue weighted by Gasteiger charge is -2.45. The first-order chi connectivity index (χ1) is 21.7. The number of hydrogen-bond donors (Lipinski definition) is 0. The van der Waals surface area contributed by atoms with Crippen LogP contribution in [-0.4, -0.2) is 64.0 Å². The maximum absolute atomic E-state index is 14.5. The van der Waals surface area contributed by atoms with Crippen LogP contribution in [0.3, 0.4) is 0 Å². The van der Waals surface area contributed by atoms with E-state index in [1.54, 1.807) is 24.3 Å². The summed E-state index contributed by atoms with van der Waals surface area (Å²) in [6, 6.07) is 21.5. The summed E-state index contributed by atoms with van der Waals surface area (Å²) >= 11 is 0. The summed E-state index contributed by atoms with van der Waals surface area (Å²) in [7, 11) is -1.79. The molecule has 0 N–H and O–H groups in total. The Morgan fingerprint density at radius 2 is 1.69 bits per heavy atom. The maximum Gasteiger partial charge on any atom is 0.416 e. The SMILES string of the molecule is COC(=O)N1C(=O)[C@@H]2[C@@H](CC(=O)[C@@]3(CC#N)c4ccccc4N(S(=O)(=O)c4ccc(OC)cc4)[C@@H]23)[C@@H]1COCc1ccccc1. The van der Waals surface area contributed by atoms with Crippen molar-refractivity contribution in [3.05, 3.63) is 90.0 Å². The minimum atomic E-state index is -4.41. The van der Waals surface area contributed by atoms with Crippen molar-refractivity contribution in [2.75, 3.05) is 25.1 Å². The summed E-state index contributed by atoms with van der Waals surface area (Å²) in [5, 5.41) is 10.1. The number of carbonyl (C=O) groups is 3. The smallest absolute Gasteiger partial charge is 0.416 e. The van der Waals surface area contributed by atoms with E-state index >= 15 is 0 Å². The first-order valence-electron chi connectivity index (χ1n) is 14.4. The zero-order valence-corrected chi connectivity index (χ0v) is 25.5. The predicted molar refractivity (Wildman–Crippen MR) is 161 cm³/mol. The third-order valence-electron chi connectivity index (χ3n) is 9.19. The summed E-state index contributed by atoms with van der Waals surface area (Å²) in [5.41, 5.74) is -0.190. The lowest BCUT2D eigenvalue weighted by Crippen LogP contribution is -2.61. The van der Waals surface area contributed by atoms with Crippen LogP contribution in [0.1, 0.15) is 24.0 Å². The number of sulfonamides is 1. The van der Waals surface area contributed by atoms with Crippen molar-refractivity contribution >= 4 is 33.5 Å². The fourth-order valence-electron chi connectivity index (χ4n) is 7.24. The van der Waals surface area contributed by atoms with Crippen molar-refractivity contribution in [3.63, 3.8) is 0 Å². The summed E-state index contributed by atoms with van der Waals surface area (Å²) in [5.74, 6) is -2.55. The molecule has 1 saturated heterocycles. The number of ether oxygens (including phenoxy) is 3. The van der Waals surface area contributed by atoms with Crippen LogP contribution in [0.4, 0.5) is 10.5 Å². The Morgan fingerprint density at radius 3 is 2.36 bits per heavy atom. The van der Waals surface area contributed by atoms with Crippen LogP contribution in [0.5, 0.6) is 5.75 Å². The average molecular weight is 630 g/mol. The Hall–Kier alpha value is -4.73. The molecule has 0 aromatic heterocycles. The molecule has 3 aromatic rings. The van der Waals surface area contributed by atoms with Gasteiger partial charge in [-0.3, -0.25) is 13.9 Å². The van der Waals surface area contributed by atoms with Gasteiger partial charge in [0.05, 0.1) is 73.9 Å². The van der Waals surface area contributed by atoms with Crippen LogP contribution < -0.4 is 9.04 Å². The monoisotopic (exact) mass is 629 g/mol. The lowest BCUT2D eigenvalue weighted by atomic mass is 9.58. The second-order valence-electron chi connectivity index (χ2n) is 11.3. The Morgan fingerprint density at radius 1 is 1.00 bits per heavy atom. The molecule has 45 heavy (non-hydrogen) atoms. The number of benzene rings is 3. The minimum Gasteiger partial charge on any atom is -0.497 e. The summed E-state index contributed by atoms with van der Waals surface area (Å²) < 4.78 is 46.4. The van der Waals surface area contributed by atoms with Gasteiger partial charge in [-0.05, 0) is 41.5 Å². The van der Waals surface area contributed by atoms with Crippen molar-refractivity contribution in [3.8, 4) is 11.8 Å². The van der Waals surface area contributed by atoms with E-state index in [4.69, 9.17) is 14.2 Å². The van der Waals surface area contributed by atoms with Gasteiger partial charge in [0.1, 0.15) is 11.5 Å². The van der Waals surface area contributed by atoms with Gasteiger partial charge in [-0.1, -0.05) is 48.5 Å². The van der Waals surface area contributed by atoms with E-state index in [2.05, 4.69) is 6.07 Å². The van der Waals surface area contributed by atoms with E-state index in [1.165, 1.54) is 31.4 Å². The molecule has 0 spiro atoms. The Labute approximate surface area is 261 Å². The molecule has 0 bridgehead atoms. The van der Waals surface area contributed by atoms with E-state index in [1.807, 2.05) is 30.3 Å². The number of rotatable bonds is 8. The van der Waals surface area contributed by atoms with Gasteiger partial charge >= 0.3 is 6.09 Å². The highest BCUT2D eigenvalue weighted by Crippen LogP contribution is 2.59. The predicted octanol–water partition coefficient (Wildman–Crippen LogP) is 3.82. The van der Waals surface area contributed by atoms with E-state index < -0.39 is 51.4 Å². The first-order valence-corrected chi connectivity index (χ1v) is 15.9. The molecule has 2 heterocycles. The molecule has 1 aliphatic carbocycles. The highest BCUT2D eigenvalue weighted by molar-refractivity contribution is 7.93. The molecule has 6 rings (SSSR count). The molecule has 5 atom stereocenters. The van der Waals surface area contributed by atoms with Crippen LogP contribution in [-0.2, 0) is 41.1 Å². The number of imide groups is 1. The molecule has 2 aliphatic heterocycles. The zero-order valence-electron chi connectivity index (χ0n) is 24.7. The van der Waals surface area contributed by atoms with Crippen molar-refractivity contribution in [1.82, 2.24) is 4.90 Å². The third kappa shape index (κ3) is 4.65. The van der Waals surface area contributed by atoms with Gasteiger partial charge in [0.25, 0.3) is 10.0 Å². The number of likely N-dealkylation sites (tertiary alicyclic amines) is 1. The van der Waals surface area contributed by atoms with Gasteiger partial charge in [0.2, 0.25) is 5.91 Å². The third-order valence-corrected chi connectivity index (χ3v) is 11.0. The highest BCUT2D eigenvalue weighted by atomic mass is 32.2. The first kappa shape index (κ1) is 30.3. The molecule has 3 aromatic carbocycles. The average Bonchev–Trinajstić information content (AvgIpc) is 3.51. The normalized spacial score (nSPS) is 25.3. The largest absolute Gasteiger partial charge is 0.497 e. The highest BCUT2D eigenvalue weighted by Gasteiger charge is 2.70. The molecule has 1 saturated carbocycles. The number of Topliss-reactive ketones (excluding diaryl/α,β-unsaturated/α-hetero) is 1. The number of anilines is 1. The number of methoxy groups -OCH3 is 2. The van der Waals surface area contributed by atoms with Crippen molar-refractivity contribution in [2.45, 2.75) is 41.8 Å². The Kier molecular flexibility index (Phi) is 7.84.